The van der Waals surface area contributed by atoms with E-state index in [-0.39, 0.29) is 5.28 Å². The van der Waals surface area contributed by atoms with Gasteiger partial charge in [-0.3, -0.25) is 0 Å². The second kappa shape index (κ2) is 5.52. The first-order valence-corrected chi connectivity index (χ1v) is 9.74. The summed E-state index contributed by atoms with van der Waals surface area (Å²) in [6, 6.07) is 22.5. The van der Waals surface area contributed by atoms with Crippen LogP contribution in [0, 0.1) is 0 Å². The molecular weight excluding hydrogens is 376 g/mol. The third-order valence-corrected chi connectivity index (χ3v) is 6.18. The molecule has 0 saturated carbocycles. The van der Waals surface area contributed by atoms with Gasteiger partial charge in [-0.1, -0.05) is 36.4 Å². The molecule has 6 aromatic rings. The SMILES string of the molecule is Clc1nc(-c2ccc3oc4ccccc4c3c2)c2sc3ccccc3c2n1. The molecule has 3 nitrogen and oxygen atoms in total. The van der Waals surface area contributed by atoms with Crippen molar-refractivity contribution in [2.45, 2.75) is 0 Å². The zero-order valence-corrected chi connectivity index (χ0v) is 15.5. The lowest BCUT2D eigenvalue weighted by Crippen LogP contribution is -1.88. The Kier molecular flexibility index (Phi) is 3.10. The Balaban J connectivity index is 1.70. The molecule has 0 spiro atoms. The van der Waals surface area contributed by atoms with Crippen molar-refractivity contribution in [1.29, 1.82) is 0 Å². The number of hydrogen-bond acceptors (Lipinski definition) is 4. The van der Waals surface area contributed by atoms with Crippen molar-refractivity contribution in [2.24, 2.45) is 0 Å². The van der Waals surface area contributed by atoms with Crippen molar-refractivity contribution in [3.8, 4) is 11.3 Å². The van der Waals surface area contributed by atoms with Crippen LogP contribution >= 0.6 is 22.9 Å². The Morgan fingerprint density at radius 3 is 2.48 bits per heavy atom. The maximum absolute atomic E-state index is 6.29. The third kappa shape index (κ3) is 2.21. The fraction of sp³-hybridized carbons (Fsp3) is 0. The molecule has 0 amide bonds. The summed E-state index contributed by atoms with van der Waals surface area (Å²) in [7, 11) is 0. The number of aromatic nitrogens is 2. The molecule has 0 radical (unpaired) electrons. The van der Waals surface area contributed by atoms with E-state index in [1.807, 2.05) is 42.5 Å². The number of benzene rings is 3. The van der Waals surface area contributed by atoms with Gasteiger partial charge in [0.2, 0.25) is 5.28 Å². The second-order valence-corrected chi connectivity index (χ2v) is 7.82. The molecular formula is C22H11ClN2OS. The fourth-order valence-corrected chi connectivity index (χ4v) is 4.96. The lowest BCUT2D eigenvalue weighted by atomic mass is 10.1. The number of halogens is 1. The lowest BCUT2D eigenvalue weighted by Gasteiger charge is -2.03. The molecule has 0 atom stereocenters. The van der Waals surface area contributed by atoms with E-state index < -0.39 is 0 Å². The highest BCUT2D eigenvalue weighted by Crippen LogP contribution is 2.40. The van der Waals surface area contributed by atoms with E-state index >= 15 is 0 Å². The van der Waals surface area contributed by atoms with Crippen LogP contribution in [-0.2, 0) is 0 Å². The summed E-state index contributed by atoms with van der Waals surface area (Å²) in [5.41, 5.74) is 4.53. The molecule has 3 aromatic heterocycles. The summed E-state index contributed by atoms with van der Waals surface area (Å²) in [5.74, 6) is 0. The minimum absolute atomic E-state index is 0.262. The number of fused-ring (bicyclic) bond motifs is 6. The van der Waals surface area contributed by atoms with E-state index in [4.69, 9.17) is 16.0 Å². The number of thiophene rings is 1. The maximum atomic E-state index is 6.29. The molecule has 3 heterocycles. The minimum atomic E-state index is 0.262. The summed E-state index contributed by atoms with van der Waals surface area (Å²) < 4.78 is 8.18. The van der Waals surface area contributed by atoms with Crippen molar-refractivity contribution < 1.29 is 4.42 Å². The topological polar surface area (TPSA) is 38.9 Å². The van der Waals surface area contributed by atoms with Crippen molar-refractivity contribution >= 4 is 65.2 Å². The number of nitrogens with zero attached hydrogens (tertiary/aromatic N) is 2. The highest BCUT2D eigenvalue weighted by Gasteiger charge is 2.16. The Morgan fingerprint density at radius 2 is 1.56 bits per heavy atom. The molecule has 0 aliphatic carbocycles. The molecule has 0 N–H and O–H groups in total. The van der Waals surface area contributed by atoms with E-state index in [1.165, 1.54) is 4.70 Å². The van der Waals surface area contributed by atoms with E-state index in [1.54, 1.807) is 11.3 Å². The van der Waals surface area contributed by atoms with Gasteiger partial charge in [0.1, 0.15) is 11.2 Å². The molecule has 128 valence electrons. The summed E-state index contributed by atoms with van der Waals surface area (Å²) in [4.78, 5) is 9.07. The molecule has 27 heavy (non-hydrogen) atoms. The van der Waals surface area contributed by atoms with Crippen molar-refractivity contribution in [1.82, 2.24) is 9.97 Å². The molecule has 3 aromatic carbocycles. The van der Waals surface area contributed by atoms with Crippen LogP contribution in [0.4, 0.5) is 0 Å². The fourth-order valence-electron chi connectivity index (χ4n) is 3.63. The normalized spacial score (nSPS) is 11.9. The molecule has 0 aliphatic heterocycles. The van der Waals surface area contributed by atoms with Crippen LogP contribution in [0.3, 0.4) is 0 Å². The molecule has 0 aliphatic rings. The van der Waals surface area contributed by atoms with Gasteiger partial charge in [0, 0.05) is 26.4 Å². The van der Waals surface area contributed by atoms with Crippen LogP contribution in [-0.4, -0.2) is 9.97 Å². The summed E-state index contributed by atoms with van der Waals surface area (Å²) >= 11 is 7.98. The van der Waals surface area contributed by atoms with E-state index in [0.29, 0.717) is 0 Å². The predicted octanol–water partition coefficient (Wildman–Crippen LogP) is 7.06. The van der Waals surface area contributed by atoms with Crippen LogP contribution < -0.4 is 0 Å². The second-order valence-electron chi connectivity index (χ2n) is 6.43. The van der Waals surface area contributed by atoms with Crippen LogP contribution in [0.2, 0.25) is 5.28 Å². The van der Waals surface area contributed by atoms with Gasteiger partial charge < -0.3 is 4.42 Å². The average molecular weight is 387 g/mol. The standard InChI is InChI=1S/C22H11ClN2OS/c23-22-24-19(21-20(25-22)14-6-2-4-8-18(14)27-21)12-9-10-17-15(11-12)13-5-1-3-7-16(13)26-17/h1-11H. The van der Waals surface area contributed by atoms with Gasteiger partial charge in [-0.2, -0.15) is 0 Å². The third-order valence-electron chi connectivity index (χ3n) is 4.84. The molecule has 0 saturated heterocycles. The Bertz CT molecular complexity index is 1500. The monoisotopic (exact) mass is 386 g/mol. The first kappa shape index (κ1) is 15.1. The maximum Gasteiger partial charge on any atom is 0.223 e. The van der Waals surface area contributed by atoms with Gasteiger partial charge in [0.15, 0.2) is 0 Å². The van der Waals surface area contributed by atoms with E-state index in [9.17, 15) is 0 Å². The van der Waals surface area contributed by atoms with Crippen LogP contribution in [0.15, 0.2) is 71.1 Å². The number of furan rings is 1. The molecule has 0 bridgehead atoms. The van der Waals surface area contributed by atoms with Gasteiger partial charge in [-0.25, -0.2) is 9.97 Å². The van der Waals surface area contributed by atoms with Crippen LogP contribution in [0.1, 0.15) is 0 Å². The van der Waals surface area contributed by atoms with Crippen LogP contribution in [0.25, 0.3) is 53.5 Å². The lowest BCUT2D eigenvalue weighted by molar-refractivity contribution is 0.669. The summed E-state index contributed by atoms with van der Waals surface area (Å²) in [5, 5.41) is 3.55. The van der Waals surface area contributed by atoms with Gasteiger partial charge in [0.05, 0.1) is 15.9 Å². The zero-order chi connectivity index (χ0) is 18.0. The van der Waals surface area contributed by atoms with Crippen molar-refractivity contribution in [3.05, 3.63) is 72.0 Å². The van der Waals surface area contributed by atoms with E-state index in [2.05, 4.69) is 34.2 Å². The number of hydrogen-bond donors (Lipinski definition) is 0. The van der Waals surface area contributed by atoms with Gasteiger partial charge >= 0.3 is 0 Å². The number of para-hydroxylation sites is 1. The Labute approximate surface area is 162 Å². The predicted molar refractivity (Wildman–Crippen MR) is 113 cm³/mol. The quantitative estimate of drug-likeness (QED) is 0.284. The molecule has 5 heteroatoms. The Morgan fingerprint density at radius 1 is 0.778 bits per heavy atom. The largest absolute Gasteiger partial charge is 0.456 e. The van der Waals surface area contributed by atoms with Crippen molar-refractivity contribution in [2.75, 3.05) is 0 Å². The van der Waals surface area contributed by atoms with Crippen molar-refractivity contribution in [3.63, 3.8) is 0 Å². The van der Waals surface area contributed by atoms with Gasteiger partial charge in [-0.05, 0) is 41.9 Å². The smallest absolute Gasteiger partial charge is 0.223 e. The van der Waals surface area contributed by atoms with Crippen LogP contribution in [0.5, 0.6) is 0 Å². The molecule has 0 unspecified atom stereocenters. The highest BCUT2D eigenvalue weighted by atomic mass is 35.5. The molecule has 6 rings (SSSR count). The Hall–Kier alpha value is -2.95. The molecule has 0 fully saturated rings. The minimum Gasteiger partial charge on any atom is -0.456 e. The van der Waals surface area contributed by atoms with Gasteiger partial charge in [0.25, 0.3) is 0 Å². The highest BCUT2D eigenvalue weighted by molar-refractivity contribution is 7.26. The first-order valence-electron chi connectivity index (χ1n) is 8.54. The number of rotatable bonds is 1. The average Bonchev–Trinajstić information content (AvgIpc) is 3.25. The van der Waals surface area contributed by atoms with E-state index in [0.717, 1.165) is 48.8 Å². The summed E-state index contributed by atoms with van der Waals surface area (Å²) in [6.45, 7) is 0. The first-order chi connectivity index (χ1) is 13.3. The van der Waals surface area contributed by atoms with Gasteiger partial charge in [-0.15, -0.1) is 11.3 Å². The summed E-state index contributed by atoms with van der Waals surface area (Å²) in [6.07, 6.45) is 0. The zero-order valence-electron chi connectivity index (χ0n) is 13.9.